The summed E-state index contributed by atoms with van der Waals surface area (Å²) >= 11 is 0. The van der Waals surface area contributed by atoms with E-state index >= 15 is 0 Å². The van der Waals surface area contributed by atoms with Crippen molar-refractivity contribution in [1.29, 1.82) is 0 Å². The van der Waals surface area contributed by atoms with Gasteiger partial charge in [0.05, 0.1) is 17.4 Å². The number of rotatable bonds is 5. The van der Waals surface area contributed by atoms with Crippen molar-refractivity contribution in [2.45, 2.75) is 32.9 Å². The Hall–Kier alpha value is -1.66. The highest BCUT2D eigenvalue weighted by Crippen LogP contribution is 2.24. The second kappa shape index (κ2) is 7.75. The number of hydrogen-bond donors (Lipinski definition) is 2. The number of nitrogens with zero attached hydrogens (tertiary/aromatic N) is 2. The second-order valence-corrected chi connectivity index (χ2v) is 6.49. The normalized spacial score (nSPS) is 18.0. The van der Waals surface area contributed by atoms with Gasteiger partial charge < -0.3 is 15.5 Å². The standard InChI is InChI=1S/C17H27FN4O/c1-12(2)19-15-6-5-14(18)11-16(15)20-17(23)13(3)22-9-7-21(4)8-10-22/h5-6,11-13,19H,7-10H2,1-4H3,(H,20,23)/t13-/m0/s1. The van der Waals surface area contributed by atoms with Crippen LogP contribution in [-0.4, -0.2) is 61.0 Å². The van der Waals surface area contributed by atoms with Crippen molar-refractivity contribution in [3.05, 3.63) is 24.0 Å². The molecule has 0 bridgehead atoms. The summed E-state index contributed by atoms with van der Waals surface area (Å²) in [6, 6.07) is 4.37. The van der Waals surface area contributed by atoms with Gasteiger partial charge in [-0.05, 0) is 46.0 Å². The molecule has 2 N–H and O–H groups in total. The maximum absolute atomic E-state index is 13.5. The van der Waals surface area contributed by atoms with Gasteiger partial charge >= 0.3 is 0 Å². The Morgan fingerprint density at radius 1 is 1.13 bits per heavy atom. The lowest BCUT2D eigenvalue weighted by Gasteiger charge is -2.35. The fourth-order valence-electron chi connectivity index (χ4n) is 2.67. The summed E-state index contributed by atoms with van der Waals surface area (Å²) in [5.74, 6) is -0.464. The van der Waals surface area contributed by atoms with E-state index in [4.69, 9.17) is 0 Å². The van der Waals surface area contributed by atoms with Crippen LogP contribution < -0.4 is 10.6 Å². The number of carbonyl (C=O) groups is 1. The first-order chi connectivity index (χ1) is 10.9. The molecule has 1 amide bonds. The summed E-state index contributed by atoms with van der Waals surface area (Å²) in [7, 11) is 2.08. The number of hydrogen-bond acceptors (Lipinski definition) is 4. The molecule has 0 radical (unpaired) electrons. The van der Waals surface area contributed by atoms with Crippen LogP contribution in [-0.2, 0) is 4.79 Å². The number of carbonyl (C=O) groups excluding carboxylic acids is 1. The van der Waals surface area contributed by atoms with Crippen LogP contribution in [0.1, 0.15) is 20.8 Å². The number of halogens is 1. The smallest absolute Gasteiger partial charge is 0.241 e. The van der Waals surface area contributed by atoms with Gasteiger partial charge in [-0.25, -0.2) is 4.39 Å². The minimum atomic E-state index is -0.359. The SMILES string of the molecule is CC(C)Nc1ccc(F)cc1NC(=O)[C@H](C)N1CCN(C)CC1. The molecular weight excluding hydrogens is 295 g/mol. The Bertz CT molecular complexity index is 541. The zero-order chi connectivity index (χ0) is 17.0. The van der Waals surface area contributed by atoms with Crippen LogP contribution in [0.25, 0.3) is 0 Å². The lowest BCUT2D eigenvalue weighted by atomic mass is 10.2. The molecule has 1 saturated heterocycles. The first kappa shape index (κ1) is 17.7. The van der Waals surface area contributed by atoms with E-state index < -0.39 is 0 Å². The Labute approximate surface area is 137 Å². The first-order valence-corrected chi connectivity index (χ1v) is 8.16. The summed E-state index contributed by atoms with van der Waals surface area (Å²) in [6.45, 7) is 9.55. The molecule has 128 valence electrons. The highest BCUT2D eigenvalue weighted by Gasteiger charge is 2.25. The van der Waals surface area contributed by atoms with Crippen LogP contribution in [0, 0.1) is 5.82 Å². The molecule has 1 aromatic carbocycles. The first-order valence-electron chi connectivity index (χ1n) is 8.16. The Balaban J connectivity index is 2.05. The van der Waals surface area contributed by atoms with Gasteiger partial charge in [0.2, 0.25) is 5.91 Å². The maximum Gasteiger partial charge on any atom is 0.241 e. The third-order valence-electron chi connectivity index (χ3n) is 4.15. The molecule has 0 unspecified atom stereocenters. The second-order valence-electron chi connectivity index (χ2n) is 6.49. The van der Waals surface area contributed by atoms with E-state index in [0.717, 1.165) is 31.9 Å². The molecule has 0 aliphatic carbocycles. The highest BCUT2D eigenvalue weighted by atomic mass is 19.1. The van der Waals surface area contributed by atoms with E-state index in [1.807, 2.05) is 20.8 Å². The fraction of sp³-hybridized carbons (Fsp3) is 0.588. The van der Waals surface area contributed by atoms with Gasteiger partial charge in [-0.3, -0.25) is 9.69 Å². The minimum absolute atomic E-state index is 0.105. The van der Waals surface area contributed by atoms with Crippen LogP contribution in [0.4, 0.5) is 15.8 Å². The van der Waals surface area contributed by atoms with E-state index in [1.165, 1.54) is 12.1 Å². The molecule has 23 heavy (non-hydrogen) atoms. The predicted molar refractivity (Wildman–Crippen MR) is 92.3 cm³/mol. The van der Waals surface area contributed by atoms with Crippen LogP contribution >= 0.6 is 0 Å². The average Bonchev–Trinajstić information content (AvgIpc) is 2.49. The summed E-state index contributed by atoms with van der Waals surface area (Å²) in [6.07, 6.45) is 0. The van der Waals surface area contributed by atoms with Crippen molar-refractivity contribution in [3.63, 3.8) is 0 Å². The average molecular weight is 322 g/mol. The number of benzene rings is 1. The van der Waals surface area contributed by atoms with Crippen LogP contribution in [0.15, 0.2) is 18.2 Å². The highest BCUT2D eigenvalue weighted by molar-refractivity contribution is 5.97. The van der Waals surface area contributed by atoms with Gasteiger partial charge in [-0.15, -0.1) is 0 Å². The topological polar surface area (TPSA) is 47.6 Å². The van der Waals surface area contributed by atoms with E-state index in [2.05, 4.69) is 27.5 Å². The molecule has 0 spiro atoms. The number of amides is 1. The fourth-order valence-corrected chi connectivity index (χ4v) is 2.67. The van der Waals surface area contributed by atoms with Crippen molar-refractivity contribution in [2.75, 3.05) is 43.9 Å². The van der Waals surface area contributed by atoms with Gasteiger partial charge in [0.15, 0.2) is 0 Å². The van der Waals surface area contributed by atoms with Crippen molar-refractivity contribution in [2.24, 2.45) is 0 Å². The van der Waals surface area contributed by atoms with E-state index in [-0.39, 0.29) is 23.8 Å². The van der Waals surface area contributed by atoms with Crippen LogP contribution in [0.2, 0.25) is 0 Å². The Kier molecular flexibility index (Phi) is 5.96. The van der Waals surface area contributed by atoms with Crippen molar-refractivity contribution < 1.29 is 9.18 Å². The summed E-state index contributed by atoms with van der Waals surface area (Å²) in [5.41, 5.74) is 1.23. The summed E-state index contributed by atoms with van der Waals surface area (Å²) in [4.78, 5) is 16.9. The molecule has 1 atom stereocenters. The Morgan fingerprint density at radius 2 is 1.78 bits per heavy atom. The maximum atomic E-state index is 13.5. The number of anilines is 2. The molecular formula is C17H27FN4O. The monoisotopic (exact) mass is 322 g/mol. The molecule has 6 heteroatoms. The van der Waals surface area contributed by atoms with Gasteiger partial charge in [0.1, 0.15) is 5.82 Å². The molecule has 0 aromatic heterocycles. The Morgan fingerprint density at radius 3 is 2.39 bits per heavy atom. The molecule has 1 fully saturated rings. The van der Waals surface area contributed by atoms with Crippen LogP contribution in [0.5, 0.6) is 0 Å². The van der Waals surface area contributed by atoms with Crippen LogP contribution in [0.3, 0.4) is 0 Å². The molecule has 1 heterocycles. The zero-order valence-corrected chi connectivity index (χ0v) is 14.4. The minimum Gasteiger partial charge on any atom is -0.381 e. The van der Waals surface area contributed by atoms with Gasteiger partial charge in [-0.1, -0.05) is 0 Å². The third kappa shape index (κ3) is 4.91. The van der Waals surface area contributed by atoms with Gasteiger partial charge in [0.25, 0.3) is 0 Å². The molecule has 1 aliphatic heterocycles. The number of nitrogens with one attached hydrogen (secondary N) is 2. The molecule has 5 nitrogen and oxygen atoms in total. The molecule has 1 aliphatic rings. The lowest BCUT2D eigenvalue weighted by Crippen LogP contribution is -2.51. The largest absolute Gasteiger partial charge is 0.381 e. The quantitative estimate of drug-likeness (QED) is 0.873. The lowest BCUT2D eigenvalue weighted by molar-refractivity contribution is -0.121. The van der Waals surface area contributed by atoms with E-state index in [1.54, 1.807) is 6.07 Å². The summed E-state index contributed by atoms with van der Waals surface area (Å²) in [5, 5.41) is 6.10. The van der Waals surface area contributed by atoms with E-state index in [9.17, 15) is 9.18 Å². The molecule has 0 saturated carbocycles. The van der Waals surface area contributed by atoms with Crippen molar-refractivity contribution >= 4 is 17.3 Å². The van der Waals surface area contributed by atoms with Gasteiger partial charge in [-0.2, -0.15) is 0 Å². The summed E-state index contributed by atoms with van der Waals surface area (Å²) < 4.78 is 13.5. The van der Waals surface area contributed by atoms with Crippen molar-refractivity contribution in [1.82, 2.24) is 9.80 Å². The number of piperazine rings is 1. The molecule has 1 aromatic rings. The zero-order valence-electron chi connectivity index (χ0n) is 14.4. The van der Waals surface area contributed by atoms with Gasteiger partial charge in [0, 0.05) is 32.2 Å². The van der Waals surface area contributed by atoms with Crippen molar-refractivity contribution in [3.8, 4) is 0 Å². The molecule has 2 rings (SSSR count). The van der Waals surface area contributed by atoms with E-state index in [0.29, 0.717) is 5.69 Å². The predicted octanol–water partition coefficient (Wildman–Crippen LogP) is 2.22. The number of likely N-dealkylation sites (N-methyl/N-ethyl adjacent to an activating group) is 1. The third-order valence-corrected chi connectivity index (χ3v) is 4.15.